The summed E-state index contributed by atoms with van der Waals surface area (Å²) in [5.74, 6) is 1.16. The van der Waals surface area contributed by atoms with Gasteiger partial charge >= 0.3 is 0 Å². The van der Waals surface area contributed by atoms with Gasteiger partial charge in [0.25, 0.3) is 0 Å². The number of aliphatic imine (C=N–C) groups is 1. The fourth-order valence-corrected chi connectivity index (χ4v) is 2.07. The van der Waals surface area contributed by atoms with Gasteiger partial charge in [0.15, 0.2) is 5.96 Å². The lowest BCUT2D eigenvalue weighted by molar-refractivity contribution is 0.0438. The van der Waals surface area contributed by atoms with E-state index in [2.05, 4.69) is 30.2 Å². The monoisotopic (exact) mass is 301 g/mol. The van der Waals surface area contributed by atoms with Crippen LogP contribution in [0.4, 0.5) is 5.69 Å². The van der Waals surface area contributed by atoms with Gasteiger partial charge in [-0.15, -0.1) is 0 Å². The van der Waals surface area contributed by atoms with E-state index in [9.17, 15) is 5.11 Å². The van der Waals surface area contributed by atoms with E-state index in [1.165, 1.54) is 11.8 Å². The van der Waals surface area contributed by atoms with E-state index in [1.54, 1.807) is 19.1 Å². The van der Waals surface area contributed by atoms with E-state index >= 15 is 0 Å². The van der Waals surface area contributed by atoms with Gasteiger partial charge in [-0.3, -0.25) is 0 Å². The number of guanidine groups is 1. The Morgan fingerprint density at radius 1 is 1.36 bits per heavy atom. The summed E-state index contributed by atoms with van der Waals surface area (Å²) in [6.45, 7) is 6.03. The number of rotatable bonds is 5. The first-order chi connectivity index (χ1) is 10.4. The summed E-state index contributed by atoms with van der Waals surface area (Å²) in [5.41, 5.74) is 6.81. The zero-order valence-electron chi connectivity index (χ0n) is 13.2. The van der Waals surface area contributed by atoms with Crippen LogP contribution in [0.5, 0.6) is 0 Å². The molecule has 0 aliphatic carbocycles. The highest BCUT2D eigenvalue weighted by molar-refractivity contribution is 5.92. The number of nitrogens with one attached hydrogen (secondary N) is 1. The number of furan rings is 1. The van der Waals surface area contributed by atoms with Crippen molar-refractivity contribution in [3.8, 4) is 0 Å². The average molecular weight is 301 g/mol. The Bertz CT molecular complexity index is 631. The Morgan fingerprint density at radius 2 is 2.14 bits per heavy atom. The third kappa shape index (κ3) is 4.11. The van der Waals surface area contributed by atoms with Gasteiger partial charge in [-0.2, -0.15) is 0 Å². The van der Waals surface area contributed by atoms with Crippen molar-refractivity contribution in [2.45, 2.75) is 32.3 Å². The molecule has 0 amide bonds. The molecule has 22 heavy (non-hydrogen) atoms. The molecule has 1 atom stereocenters. The maximum absolute atomic E-state index is 10.3. The number of benzene rings is 1. The summed E-state index contributed by atoms with van der Waals surface area (Å²) < 4.78 is 5.21. The van der Waals surface area contributed by atoms with Crippen molar-refractivity contribution in [3.05, 3.63) is 54.0 Å². The normalized spacial score (nSPS) is 14.9. The molecule has 0 saturated carbocycles. The molecule has 5 heteroatoms. The van der Waals surface area contributed by atoms with Gasteiger partial charge in [0.05, 0.1) is 12.8 Å². The van der Waals surface area contributed by atoms with Crippen molar-refractivity contribution < 1.29 is 9.52 Å². The number of hydrogen-bond donors (Lipinski definition) is 3. The van der Waals surface area contributed by atoms with Gasteiger partial charge in [-0.25, -0.2) is 4.99 Å². The second-order valence-corrected chi connectivity index (χ2v) is 5.86. The maximum atomic E-state index is 10.3. The molecule has 1 aromatic heterocycles. The molecule has 0 saturated heterocycles. The van der Waals surface area contributed by atoms with Gasteiger partial charge in [-0.1, -0.05) is 26.0 Å². The van der Waals surface area contributed by atoms with E-state index in [-0.39, 0.29) is 12.5 Å². The van der Waals surface area contributed by atoms with E-state index < -0.39 is 5.60 Å². The van der Waals surface area contributed by atoms with Crippen LogP contribution >= 0.6 is 0 Å². The molecule has 0 bridgehead atoms. The Kier molecular flexibility index (Phi) is 4.88. The highest BCUT2D eigenvalue weighted by Gasteiger charge is 2.25. The molecule has 2 aromatic rings. The second kappa shape index (κ2) is 6.66. The lowest BCUT2D eigenvalue weighted by Gasteiger charge is -2.18. The summed E-state index contributed by atoms with van der Waals surface area (Å²) in [6.07, 6.45) is 1.52. The van der Waals surface area contributed by atoms with Crippen molar-refractivity contribution in [2.24, 2.45) is 10.7 Å². The maximum Gasteiger partial charge on any atom is 0.193 e. The first-order valence-corrected chi connectivity index (χ1v) is 7.32. The summed E-state index contributed by atoms with van der Waals surface area (Å²) in [5, 5.41) is 13.4. The molecule has 118 valence electrons. The van der Waals surface area contributed by atoms with Gasteiger partial charge in [0.1, 0.15) is 11.4 Å². The predicted octanol–water partition coefficient (Wildman–Crippen LogP) is 3.04. The zero-order chi connectivity index (χ0) is 16.2. The lowest BCUT2D eigenvalue weighted by Crippen LogP contribution is -2.29. The summed E-state index contributed by atoms with van der Waals surface area (Å²) in [4.78, 5) is 4.19. The summed E-state index contributed by atoms with van der Waals surface area (Å²) in [6, 6.07) is 11.5. The van der Waals surface area contributed by atoms with Gasteiger partial charge in [0, 0.05) is 5.69 Å². The van der Waals surface area contributed by atoms with Crippen molar-refractivity contribution in [2.75, 3.05) is 11.9 Å². The van der Waals surface area contributed by atoms with Crippen LogP contribution in [0.15, 0.2) is 52.1 Å². The number of nitrogens with two attached hydrogens (primary N) is 1. The molecule has 0 radical (unpaired) electrons. The van der Waals surface area contributed by atoms with Crippen LogP contribution in [-0.4, -0.2) is 17.6 Å². The molecule has 4 N–H and O–H groups in total. The summed E-state index contributed by atoms with van der Waals surface area (Å²) >= 11 is 0. The average Bonchev–Trinajstić information content (AvgIpc) is 3.00. The Morgan fingerprint density at radius 3 is 2.77 bits per heavy atom. The first-order valence-electron chi connectivity index (χ1n) is 7.32. The number of aliphatic hydroxyl groups is 1. The number of anilines is 1. The van der Waals surface area contributed by atoms with Crippen LogP contribution in [0.25, 0.3) is 0 Å². The summed E-state index contributed by atoms with van der Waals surface area (Å²) in [7, 11) is 0. The van der Waals surface area contributed by atoms with E-state index in [0.29, 0.717) is 11.7 Å². The molecule has 1 heterocycles. The Labute approximate surface area is 130 Å². The molecule has 1 unspecified atom stereocenters. The molecular formula is C17H23N3O2. The van der Waals surface area contributed by atoms with Gasteiger partial charge in [-0.05, 0) is 42.7 Å². The van der Waals surface area contributed by atoms with Crippen LogP contribution < -0.4 is 11.1 Å². The Hall–Kier alpha value is -2.27. The van der Waals surface area contributed by atoms with Crippen LogP contribution in [0.1, 0.15) is 38.0 Å². The second-order valence-electron chi connectivity index (χ2n) is 5.86. The molecule has 0 aliphatic rings. The molecule has 1 aromatic carbocycles. The molecule has 0 aliphatic heterocycles. The highest BCUT2D eigenvalue weighted by atomic mass is 16.4. The lowest BCUT2D eigenvalue weighted by atomic mass is 10.0. The van der Waals surface area contributed by atoms with Crippen molar-refractivity contribution in [1.82, 2.24) is 0 Å². The van der Waals surface area contributed by atoms with Gasteiger partial charge in [0.2, 0.25) is 0 Å². The first kappa shape index (κ1) is 16.1. The SMILES string of the molecule is CC(C)c1cccc(NC(N)=NCC(C)(O)c2ccco2)c1. The molecular weight excluding hydrogens is 278 g/mol. The van der Waals surface area contributed by atoms with Crippen molar-refractivity contribution in [1.29, 1.82) is 0 Å². The van der Waals surface area contributed by atoms with Crippen LogP contribution in [0.2, 0.25) is 0 Å². The van der Waals surface area contributed by atoms with Crippen LogP contribution in [0, 0.1) is 0 Å². The number of nitrogens with zero attached hydrogens (tertiary/aromatic N) is 1. The number of hydrogen-bond acceptors (Lipinski definition) is 3. The quantitative estimate of drug-likeness (QED) is 0.585. The zero-order valence-corrected chi connectivity index (χ0v) is 13.2. The molecule has 0 spiro atoms. The smallest absolute Gasteiger partial charge is 0.193 e. The van der Waals surface area contributed by atoms with Crippen molar-refractivity contribution >= 4 is 11.6 Å². The van der Waals surface area contributed by atoms with E-state index in [4.69, 9.17) is 10.2 Å². The minimum atomic E-state index is -1.18. The third-order valence-corrected chi connectivity index (χ3v) is 3.43. The highest BCUT2D eigenvalue weighted by Crippen LogP contribution is 2.21. The van der Waals surface area contributed by atoms with Crippen LogP contribution in [0.3, 0.4) is 0 Å². The molecule has 2 rings (SSSR count). The fraction of sp³-hybridized carbons (Fsp3) is 0.353. The molecule has 0 fully saturated rings. The van der Waals surface area contributed by atoms with Gasteiger partial charge < -0.3 is 20.6 Å². The van der Waals surface area contributed by atoms with E-state index in [0.717, 1.165) is 5.69 Å². The largest absolute Gasteiger partial charge is 0.466 e. The van der Waals surface area contributed by atoms with E-state index in [1.807, 2.05) is 18.2 Å². The minimum Gasteiger partial charge on any atom is -0.466 e. The molecule has 5 nitrogen and oxygen atoms in total. The predicted molar refractivity (Wildman–Crippen MR) is 88.9 cm³/mol. The minimum absolute atomic E-state index is 0.114. The topological polar surface area (TPSA) is 83.8 Å². The third-order valence-electron chi connectivity index (χ3n) is 3.43. The van der Waals surface area contributed by atoms with Crippen LogP contribution in [-0.2, 0) is 5.60 Å². The Balaban J connectivity index is 2.03. The van der Waals surface area contributed by atoms with Crippen molar-refractivity contribution in [3.63, 3.8) is 0 Å². The fourth-order valence-electron chi connectivity index (χ4n) is 2.07. The standard InChI is InChI=1S/C17H23N3O2/c1-12(2)13-6-4-7-14(10-13)20-16(18)19-11-17(3,21)15-8-5-9-22-15/h4-10,12,21H,11H2,1-3H3,(H3,18,19,20).